The highest BCUT2D eigenvalue weighted by Crippen LogP contribution is 2.31. The minimum Gasteiger partial charge on any atom is -0.493 e. The molecule has 27 heavy (non-hydrogen) atoms. The standard InChI is InChI=1S/C21H32N2O4/c1-6-20(24)23-12-8-7-9-17(23)21(25)22-15(4)16-10-11-18(27-14(2)3)19(13-16)26-5/h10-11,13-15,17H,6-9,12H2,1-5H3,(H,22,25)/t15-,17-/m0/s1. The summed E-state index contributed by atoms with van der Waals surface area (Å²) in [7, 11) is 1.60. The molecule has 0 aromatic heterocycles. The average molecular weight is 376 g/mol. The predicted molar refractivity (Wildman–Crippen MR) is 105 cm³/mol. The van der Waals surface area contributed by atoms with E-state index in [1.165, 1.54) is 0 Å². The fourth-order valence-corrected chi connectivity index (χ4v) is 3.40. The van der Waals surface area contributed by atoms with Gasteiger partial charge in [-0.2, -0.15) is 0 Å². The van der Waals surface area contributed by atoms with Gasteiger partial charge < -0.3 is 19.7 Å². The Morgan fingerprint density at radius 3 is 2.59 bits per heavy atom. The topological polar surface area (TPSA) is 67.9 Å². The second kappa shape index (κ2) is 9.62. The normalized spacial score (nSPS) is 18.1. The number of rotatable bonds is 7. The second-order valence-corrected chi connectivity index (χ2v) is 7.26. The molecule has 1 fully saturated rings. The SMILES string of the molecule is CCC(=O)N1CCCC[C@H]1C(=O)N[C@@H](C)c1ccc(OC(C)C)c(OC)c1. The Labute approximate surface area is 162 Å². The first-order valence-electron chi connectivity index (χ1n) is 9.81. The third kappa shape index (κ3) is 5.37. The largest absolute Gasteiger partial charge is 0.493 e. The number of amides is 2. The van der Waals surface area contributed by atoms with Gasteiger partial charge in [-0.1, -0.05) is 13.0 Å². The van der Waals surface area contributed by atoms with Gasteiger partial charge in [0.25, 0.3) is 0 Å². The molecular weight excluding hydrogens is 344 g/mol. The molecule has 150 valence electrons. The van der Waals surface area contributed by atoms with Crippen LogP contribution < -0.4 is 14.8 Å². The lowest BCUT2D eigenvalue weighted by Crippen LogP contribution is -2.52. The molecule has 1 aliphatic rings. The molecular formula is C21H32N2O4. The summed E-state index contributed by atoms with van der Waals surface area (Å²) in [6.45, 7) is 8.35. The van der Waals surface area contributed by atoms with Crippen molar-refractivity contribution in [2.45, 2.75) is 71.6 Å². The van der Waals surface area contributed by atoms with Gasteiger partial charge >= 0.3 is 0 Å². The summed E-state index contributed by atoms with van der Waals surface area (Å²) in [4.78, 5) is 26.7. The average Bonchev–Trinajstić information content (AvgIpc) is 2.67. The van der Waals surface area contributed by atoms with Crippen molar-refractivity contribution < 1.29 is 19.1 Å². The Kier molecular flexibility index (Phi) is 7.51. The van der Waals surface area contributed by atoms with E-state index in [0.717, 1.165) is 24.8 Å². The Bertz CT molecular complexity index is 660. The molecule has 0 radical (unpaired) electrons. The van der Waals surface area contributed by atoms with Crippen molar-refractivity contribution in [1.82, 2.24) is 10.2 Å². The lowest BCUT2D eigenvalue weighted by Gasteiger charge is -2.35. The van der Waals surface area contributed by atoms with E-state index in [2.05, 4.69) is 5.32 Å². The van der Waals surface area contributed by atoms with E-state index in [0.29, 0.717) is 24.5 Å². The zero-order chi connectivity index (χ0) is 20.0. The Balaban J connectivity index is 2.10. The molecule has 0 bridgehead atoms. The number of methoxy groups -OCH3 is 1. The molecule has 1 heterocycles. The lowest BCUT2D eigenvalue weighted by atomic mass is 10.00. The van der Waals surface area contributed by atoms with E-state index >= 15 is 0 Å². The molecule has 0 saturated carbocycles. The number of likely N-dealkylation sites (tertiary alicyclic amines) is 1. The van der Waals surface area contributed by atoms with E-state index < -0.39 is 0 Å². The summed E-state index contributed by atoms with van der Waals surface area (Å²) in [5, 5.41) is 3.06. The smallest absolute Gasteiger partial charge is 0.243 e. The van der Waals surface area contributed by atoms with Crippen molar-refractivity contribution in [3.63, 3.8) is 0 Å². The molecule has 0 aliphatic carbocycles. The summed E-state index contributed by atoms with van der Waals surface area (Å²) < 4.78 is 11.2. The van der Waals surface area contributed by atoms with Gasteiger partial charge in [0.2, 0.25) is 11.8 Å². The van der Waals surface area contributed by atoms with Gasteiger partial charge in [-0.3, -0.25) is 9.59 Å². The van der Waals surface area contributed by atoms with Crippen molar-refractivity contribution in [2.24, 2.45) is 0 Å². The highest BCUT2D eigenvalue weighted by molar-refractivity contribution is 5.88. The van der Waals surface area contributed by atoms with Crippen LogP contribution in [-0.4, -0.2) is 42.5 Å². The predicted octanol–water partition coefficient (Wildman–Crippen LogP) is 3.45. The van der Waals surface area contributed by atoms with Crippen LogP contribution in [0.25, 0.3) is 0 Å². The van der Waals surface area contributed by atoms with Gasteiger partial charge in [0.1, 0.15) is 6.04 Å². The quantitative estimate of drug-likeness (QED) is 0.791. The van der Waals surface area contributed by atoms with E-state index in [1.807, 2.05) is 45.9 Å². The number of nitrogens with one attached hydrogen (secondary N) is 1. The third-order valence-electron chi connectivity index (χ3n) is 4.84. The Morgan fingerprint density at radius 1 is 1.22 bits per heavy atom. The van der Waals surface area contributed by atoms with Gasteiger partial charge in [-0.05, 0) is 57.7 Å². The molecule has 1 aromatic carbocycles. The maximum atomic E-state index is 12.8. The van der Waals surface area contributed by atoms with E-state index in [1.54, 1.807) is 12.0 Å². The fourth-order valence-electron chi connectivity index (χ4n) is 3.40. The van der Waals surface area contributed by atoms with Crippen LogP contribution >= 0.6 is 0 Å². The molecule has 1 aromatic rings. The first kappa shape index (κ1) is 21.1. The molecule has 2 atom stereocenters. The zero-order valence-electron chi connectivity index (χ0n) is 17.1. The molecule has 0 unspecified atom stereocenters. The Morgan fingerprint density at radius 2 is 1.96 bits per heavy atom. The van der Waals surface area contributed by atoms with Gasteiger partial charge in [0.15, 0.2) is 11.5 Å². The molecule has 1 N–H and O–H groups in total. The highest BCUT2D eigenvalue weighted by atomic mass is 16.5. The van der Waals surface area contributed by atoms with Crippen molar-refractivity contribution in [2.75, 3.05) is 13.7 Å². The van der Waals surface area contributed by atoms with Crippen molar-refractivity contribution in [1.29, 1.82) is 0 Å². The lowest BCUT2D eigenvalue weighted by molar-refractivity contribution is -0.142. The maximum Gasteiger partial charge on any atom is 0.243 e. The van der Waals surface area contributed by atoms with Crippen LogP contribution in [0.3, 0.4) is 0 Å². The van der Waals surface area contributed by atoms with Crippen LogP contribution in [0.4, 0.5) is 0 Å². The first-order valence-corrected chi connectivity index (χ1v) is 9.81. The number of hydrogen-bond acceptors (Lipinski definition) is 4. The number of nitrogens with zero attached hydrogens (tertiary/aromatic N) is 1. The summed E-state index contributed by atoms with van der Waals surface area (Å²) in [5.74, 6) is 1.27. The van der Waals surface area contributed by atoms with Crippen LogP contribution in [0.2, 0.25) is 0 Å². The number of carbonyl (C=O) groups is 2. The summed E-state index contributed by atoms with van der Waals surface area (Å²) >= 11 is 0. The Hall–Kier alpha value is -2.24. The number of hydrogen-bond donors (Lipinski definition) is 1. The molecule has 6 heteroatoms. The molecule has 1 aliphatic heterocycles. The zero-order valence-corrected chi connectivity index (χ0v) is 17.1. The number of ether oxygens (including phenoxy) is 2. The molecule has 2 rings (SSSR count). The first-order chi connectivity index (χ1) is 12.9. The van der Waals surface area contributed by atoms with Crippen LogP contribution in [0.5, 0.6) is 11.5 Å². The third-order valence-corrected chi connectivity index (χ3v) is 4.84. The van der Waals surface area contributed by atoms with Crippen molar-refractivity contribution in [3.8, 4) is 11.5 Å². The van der Waals surface area contributed by atoms with E-state index in [-0.39, 0.29) is 30.0 Å². The molecule has 6 nitrogen and oxygen atoms in total. The molecule has 2 amide bonds. The van der Waals surface area contributed by atoms with Crippen molar-refractivity contribution in [3.05, 3.63) is 23.8 Å². The van der Waals surface area contributed by atoms with Gasteiger partial charge in [-0.25, -0.2) is 0 Å². The fraction of sp³-hybridized carbons (Fsp3) is 0.619. The van der Waals surface area contributed by atoms with Crippen LogP contribution in [0.15, 0.2) is 18.2 Å². The number of benzene rings is 1. The van der Waals surface area contributed by atoms with E-state index in [9.17, 15) is 9.59 Å². The van der Waals surface area contributed by atoms with Crippen LogP contribution in [-0.2, 0) is 9.59 Å². The van der Waals surface area contributed by atoms with Gasteiger partial charge in [-0.15, -0.1) is 0 Å². The summed E-state index contributed by atoms with van der Waals surface area (Å²) in [5.41, 5.74) is 0.931. The summed E-state index contributed by atoms with van der Waals surface area (Å²) in [6, 6.07) is 5.11. The highest BCUT2D eigenvalue weighted by Gasteiger charge is 2.32. The van der Waals surface area contributed by atoms with Gasteiger partial charge in [0.05, 0.1) is 19.3 Å². The van der Waals surface area contributed by atoms with Crippen molar-refractivity contribution >= 4 is 11.8 Å². The van der Waals surface area contributed by atoms with Gasteiger partial charge in [0, 0.05) is 13.0 Å². The second-order valence-electron chi connectivity index (χ2n) is 7.26. The maximum absolute atomic E-state index is 12.8. The molecule has 0 spiro atoms. The summed E-state index contributed by atoms with van der Waals surface area (Å²) in [6.07, 6.45) is 3.12. The monoisotopic (exact) mass is 376 g/mol. The number of piperidine rings is 1. The molecule has 1 saturated heterocycles. The van der Waals surface area contributed by atoms with E-state index in [4.69, 9.17) is 9.47 Å². The minimum atomic E-state index is -0.376. The minimum absolute atomic E-state index is 0.0411. The number of carbonyl (C=O) groups excluding carboxylic acids is 2. The van der Waals surface area contributed by atoms with Crippen LogP contribution in [0.1, 0.15) is 65.0 Å². The van der Waals surface area contributed by atoms with Crippen LogP contribution in [0, 0.1) is 0 Å².